The van der Waals surface area contributed by atoms with E-state index >= 15 is 0 Å². The molecule has 0 radical (unpaired) electrons. The first-order valence-corrected chi connectivity index (χ1v) is 9.69. The molecule has 2 aromatic carbocycles. The summed E-state index contributed by atoms with van der Waals surface area (Å²) >= 11 is 0. The van der Waals surface area contributed by atoms with Crippen molar-refractivity contribution in [3.63, 3.8) is 0 Å². The van der Waals surface area contributed by atoms with Gasteiger partial charge < -0.3 is 4.74 Å². The van der Waals surface area contributed by atoms with E-state index in [2.05, 4.69) is 29.7 Å². The lowest BCUT2D eigenvalue weighted by molar-refractivity contribution is 0.0290. The summed E-state index contributed by atoms with van der Waals surface area (Å²) in [7, 11) is 1.40. The van der Waals surface area contributed by atoms with Gasteiger partial charge in [-0.2, -0.15) is 0 Å². The number of hydrogen-bond acceptors (Lipinski definition) is 5. The molecular formula is C23H28N2O3. The molecule has 1 saturated heterocycles. The third kappa shape index (κ3) is 4.86. The summed E-state index contributed by atoms with van der Waals surface area (Å²) in [6, 6.07) is 16.3. The van der Waals surface area contributed by atoms with Gasteiger partial charge in [-0.25, -0.2) is 4.79 Å². The van der Waals surface area contributed by atoms with Gasteiger partial charge in [0.1, 0.15) is 6.29 Å². The summed E-state index contributed by atoms with van der Waals surface area (Å²) in [6.45, 7) is 8.20. The van der Waals surface area contributed by atoms with Crippen LogP contribution in [-0.2, 0) is 17.8 Å². The van der Waals surface area contributed by atoms with E-state index in [1.54, 1.807) is 0 Å². The summed E-state index contributed by atoms with van der Waals surface area (Å²) in [5.74, 6) is -0.305. The van der Waals surface area contributed by atoms with Crippen molar-refractivity contribution in [3.8, 4) is 0 Å². The highest BCUT2D eigenvalue weighted by Crippen LogP contribution is 2.21. The van der Waals surface area contributed by atoms with Crippen molar-refractivity contribution in [3.05, 3.63) is 70.8 Å². The van der Waals surface area contributed by atoms with Crippen molar-refractivity contribution in [2.75, 3.05) is 20.2 Å². The second-order valence-corrected chi connectivity index (χ2v) is 7.62. The number of carbonyl (C=O) groups excluding carboxylic acids is 2. The Bertz CT molecular complexity index is 807. The normalized spacial score (nSPS) is 20.7. The van der Waals surface area contributed by atoms with E-state index in [9.17, 15) is 9.59 Å². The fourth-order valence-electron chi connectivity index (χ4n) is 4.00. The molecular weight excluding hydrogens is 352 g/mol. The van der Waals surface area contributed by atoms with Crippen LogP contribution >= 0.6 is 0 Å². The van der Waals surface area contributed by atoms with Gasteiger partial charge in [-0.1, -0.05) is 30.3 Å². The van der Waals surface area contributed by atoms with Gasteiger partial charge in [0.2, 0.25) is 0 Å². The van der Waals surface area contributed by atoms with Crippen LogP contribution in [0.4, 0.5) is 0 Å². The number of hydrogen-bond donors (Lipinski definition) is 0. The van der Waals surface area contributed by atoms with Crippen LogP contribution in [0.5, 0.6) is 0 Å². The lowest BCUT2D eigenvalue weighted by Crippen LogP contribution is -2.55. The SMILES string of the molecule is COC(=O)c1ccc(CN2C[C@@H](C)N(Cc3cccc(C=O)c3)[C@@H](C)C2)cc1. The molecule has 1 heterocycles. The van der Waals surface area contributed by atoms with Gasteiger partial charge in [0.05, 0.1) is 12.7 Å². The predicted octanol–water partition coefficient (Wildman–Crippen LogP) is 3.38. The van der Waals surface area contributed by atoms with Gasteiger partial charge in [0.15, 0.2) is 0 Å². The Kier molecular flexibility index (Phi) is 6.60. The minimum absolute atomic E-state index is 0.305. The van der Waals surface area contributed by atoms with E-state index in [0.29, 0.717) is 17.6 Å². The Morgan fingerprint density at radius 3 is 2.32 bits per heavy atom. The van der Waals surface area contributed by atoms with E-state index in [4.69, 9.17) is 4.74 Å². The number of piperazine rings is 1. The van der Waals surface area contributed by atoms with Gasteiger partial charge in [-0.3, -0.25) is 14.6 Å². The number of aldehydes is 1. The lowest BCUT2D eigenvalue weighted by atomic mass is 10.0. The molecule has 0 N–H and O–H groups in total. The number of methoxy groups -OCH3 is 1. The van der Waals surface area contributed by atoms with E-state index in [1.165, 1.54) is 18.2 Å². The maximum Gasteiger partial charge on any atom is 0.337 e. The zero-order valence-electron chi connectivity index (χ0n) is 16.8. The molecule has 1 fully saturated rings. The van der Waals surface area contributed by atoms with E-state index < -0.39 is 0 Å². The van der Waals surface area contributed by atoms with E-state index in [-0.39, 0.29) is 5.97 Å². The molecule has 3 rings (SSSR count). The number of carbonyl (C=O) groups is 2. The molecule has 2 aromatic rings. The summed E-state index contributed by atoms with van der Waals surface area (Å²) < 4.78 is 4.76. The quantitative estimate of drug-likeness (QED) is 0.568. The highest BCUT2D eigenvalue weighted by Gasteiger charge is 2.29. The summed E-state index contributed by atoms with van der Waals surface area (Å²) in [6.07, 6.45) is 0.903. The van der Waals surface area contributed by atoms with Crippen molar-refractivity contribution in [2.24, 2.45) is 0 Å². The van der Waals surface area contributed by atoms with Crippen molar-refractivity contribution in [1.82, 2.24) is 9.80 Å². The summed E-state index contributed by atoms with van der Waals surface area (Å²) in [5, 5.41) is 0. The van der Waals surface area contributed by atoms with Gasteiger partial charge in [-0.05, 0) is 43.2 Å². The zero-order chi connectivity index (χ0) is 20.1. The van der Waals surface area contributed by atoms with Gasteiger partial charge in [-0.15, -0.1) is 0 Å². The number of esters is 1. The van der Waals surface area contributed by atoms with Crippen LogP contribution in [0.1, 0.15) is 45.7 Å². The van der Waals surface area contributed by atoms with Crippen LogP contribution in [0, 0.1) is 0 Å². The molecule has 2 atom stereocenters. The Balaban J connectivity index is 1.61. The molecule has 5 nitrogen and oxygen atoms in total. The first-order chi connectivity index (χ1) is 13.5. The summed E-state index contributed by atoms with van der Waals surface area (Å²) in [5.41, 5.74) is 3.68. The second-order valence-electron chi connectivity index (χ2n) is 7.62. The van der Waals surface area contributed by atoms with Gasteiger partial charge >= 0.3 is 5.97 Å². The molecule has 0 aromatic heterocycles. The monoisotopic (exact) mass is 380 g/mol. The molecule has 0 spiro atoms. The molecule has 1 aliphatic rings. The first-order valence-electron chi connectivity index (χ1n) is 9.69. The van der Waals surface area contributed by atoms with Gasteiger partial charge in [0.25, 0.3) is 0 Å². The smallest absolute Gasteiger partial charge is 0.337 e. The van der Waals surface area contributed by atoms with Crippen LogP contribution in [-0.4, -0.2) is 54.3 Å². The molecule has 1 aliphatic heterocycles. The average molecular weight is 380 g/mol. The minimum atomic E-state index is -0.305. The number of ether oxygens (including phenoxy) is 1. The van der Waals surface area contributed by atoms with Crippen molar-refractivity contribution in [2.45, 2.75) is 39.0 Å². The maximum atomic E-state index is 11.6. The molecule has 0 saturated carbocycles. The predicted molar refractivity (Wildman–Crippen MR) is 109 cm³/mol. The standard InChI is InChI=1S/C23H28N2O3/c1-17-12-24(14-19-7-9-22(10-8-19)23(27)28-3)13-18(2)25(17)15-20-5-4-6-21(11-20)16-26/h4-11,16-18H,12-15H2,1-3H3/t17-,18+. The molecule has 0 amide bonds. The fraction of sp³-hybridized carbons (Fsp3) is 0.391. The van der Waals surface area contributed by atoms with Crippen LogP contribution in [0.2, 0.25) is 0 Å². The van der Waals surface area contributed by atoms with E-state index in [0.717, 1.165) is 38.0 Å². The maximum absolute atomic E-state index is 11.6. The van der Waals surface area contributed by atoms with Crippen molar-refractivity contribution >= 4 is 12.3 Å². The average Bonchev–Trinajstić information content (AvgIpc) is 2.71. The highest BCUT2D eigenvalue weighted by atomic mass is 16.5. The second kappa shape index (κ2) is 9.13. The topological polar surface area (TPSA) is 49.9 Å². The van der Waals surface area contributed by atoms with Gasteiger partial charge in [0, 0.05) is 43.8 Å². The van der Waals surface area contributed by atoms with Crippen LogP contribution in [0.25, 0.3) is 0 Å². The van der Waals surface area contributed by atoms with Crippen LogP contribution in [0.15, 0.2) is 48.5 Å². The number of rotatable bonds is 6. The number of benzene rings is 2. The van der Waals surface area contributed by atoms with Crippen molar-refractivity contribution < 1.29 is 14.3 Å². The minimum Gasteiger partial charge on any atom is -0.465 e. The molecule has 5 heteroatoms. The Morgan fingerprint density at radius 2 is 1.71 bits per heavy atom. The Labute approximate surface area is 166 Å². The summed E-state index contributed by atoms with van der Waals surface area (Å²) in [4.78, 5) is 27.6. The highest BCUT2D eigenvalue weighted by molar-refractivity contribution is 5.89. The van der Waals surface area contributed by atoms with Crippen molar-refractivity contribution in [1.29, 1.82) is 0 Å². The zero-order valence-corrected chi connectivity index (χ0v) is 16.8. The number of nitrogens with zero attached hydrogens (tertiary/aromatic N) is 2. The molecule has 148 valence electrons. The molecule has 0 bridgehead atoms. The van der Waals surface area contributed by atoms with Crippen LogP contribution < -0.4 is 0 Å². The third-order valence-electron chi connectivity index (χ3n) is 5.41. The first kappa shape index (κ1) is 20.2. The molecule has 28 heavy (non-hydrogen) atoms. The molecule has 0 unspecified atom stereocenters. The lowest BCUT2D eigenvalue weighted by Gasteiger charge is -2.44. The van der Waals surface area contributed by atoms with Crippen LogP contribution in [0.3, 0.4) is 0 Å². The largest absolute Gasteiger partial charge is 0.465 e. The van der Waals surface area contributed by atoms with E-state index in [1.807, 2.05) is 42.5 Å². The Hall–Kier alpha value is -2.50. The molecule has 0 aliphatic carbocycles. The third-order valence-corrected chi connectivity index (χ3v) is 5.41. The fourth-order valence-corrected chi connectivity index (χ4v) is 4.00. The Morgan fingerprint density at radius 1 is 1.04 bits per heavy atom.